The second kappa shape index (κ2) is 5.12. The molecule has 0 saturated carbocycles. The highest BCUT2D eigenvalue weighted by Gasteiger charge is 2.38. The molecule has 0 N–H and O–H groups in total. The topological polar surface area (TPSA) is 17.8 Å². The fraction of sp³-hybridized carbons (Fsp3) is 0.182. The summed E-state index contributed by atoms with van der Waals surface area (Å²) in [6, 6.07) is 0.491. The SMILES string of the molecule is Fc1cc(F)c(-n2ncc(CBr)c2C(F)(F)F)cc1F. The lowest BCUT2D eigenvalue weighted by Crippen LogP contribution is -2.16. The number of alkyl halides is 4. The van der Waals surface area contributed by atoms with E-state index in [0.717, 1.165) is 6.20 Å². The maximum absolute atomic E-state index is 13.6. The van der Waals surface area contributed by atoms with E-state index < -0.39 is 35.0 Å². The van der Waals surface area contributed by atoms with E-state index in [4.69, 9.17) is 0 Å². The van der Waals surface area contributed by atoms with Crippen LogP contribution in [-0.4, -0.2) is 9.78 Å². The molecule has 0 aliphatic rings. The van der Waals surface area contributed by atoms with Gasteiger partial charge in [0.25, 0.3) is 0 Å². The zero-order valence-corrected chi connectivity index (χ0v) is 11.1. The zero-order valence-electron chi connectivity index (χ0n) is 9.48. The number of nitrogens with zero attached hydrogens (tertiary/aromatic N) is 2. The molecule has 0 amide bonds. The van der Waals surface area contributed by atoms with Crippen LogP contribution < -0.4 is 0 Å². The highest BCUT2D eigenvalue weighted by molar-refractivity contribution is 9.08. The summed E-state index contributed by atoms with van der Waals surface area (Å²) in [4.78, 5) is 0. The molecule has 108 valence electrons. The van der Waals surface area contributed by atoms with Gasteiger partial charge in [0.2, 0.25) is 0 Å². The van der Waals surface area contributed by atoms with Crippen LogP contribution in [0.5, 0.6) is 0 Å². The molecular weight excluding hydrogens is 354 g/mol. The number of benzene rings is 1. The number of halogens is 7. The third-order valence-electron chi connectivity index (χ3n) is 2.48. The van der Waals surface area contributed by atoms with Crippen LogP contribution in [0.3, 0.4) is 0 Å². The van der Waals surface area contributed by atoms with Crippen LogP contribution in [0.15, 0.2) is 18.3 Å². The maximum Gasteiger partial charge on any atom is 0.433 e. The van der Waals surface area contributed by atoms with Crippen molar-refractivity contribution in [1.29, 1.82) is 0 Å². The van der Waals surface area contributed by atoms with Gasteiger partial charge in [0.05, 0.1) is 6.20 Å². The monoisotopic (exact) mass is 358 g/mol. The predicted molar refractivity (Wildman–Crippen MR) is 61.1 cm³/mol. The molecule has 1 aromatic carbocycles. The average Bonchev–Trinajstić information content (AvgIpc) is 2.77. The number of hydrogen-bond acceptors (Lipinski definition) is 1. The van der Waals surface area contributed by atoms with Crippen LogP contribution in [0.25, 0.3) is 5.69 Å². The molecule has 0 bridgehead atoms. The molecule has 0 atom stereocenters. The van der Waals surface area contributed by atoms with Crippen LogP contribution in [0.1, 0.15) is 11.3 Å². The third-order valence-corrected chi connectivity index (χ3v) is 3.08. The first-order valence-corrected chi connectivity index (χ1v) is 6.22. The number of hydrogen-bond donors (Lipinski definition) is 0. The average molecular weight is 359 g/mol. The molecular formula is C11H5BrF6N2. The van der Waals surface area contributed by atoms with E-state index in [2.05, 4.69) is 21.0 Å². The van der Waals surface area contributed by atoms with E-state index in [9.17, 15) is 26.3 Å². The van der Waals surface area contributed by atoms with Gasteiger partial charge in [-0.15, -0.1) is 0 Å². The van der Waals surface area contributed by atoms with E-state index in [-0.39, 0.29) is 21.6 Å². The zero-order chi connectivity index (χ0) is 15.1. The van der Waals surface area contributed by atoms with Crippen molar-refractivity contribution in [2.45, 2.75) is 11.5 Å². The minimum Gasteiger partial charge on any atom is -0.225 e. The second-order valence-corrected chi connectivity index (χ2v) is 4.34. The Bertz CT molecular complexity index is 649. The maximum atomic E-state index is 13.6. The molecule has 0 spiro atoms. The molecule has 0 aliphatic carbocycles. The summed E-state index contributed by atoms with van der Waals surface area (Å²) in [6.07, 6.45) is -3.95. The summed E-state index contributed by atoms with van der Waals surface area (Å²) in [7, 11) is 0. The number of aromatic nitrogens is 2. The molecule has 0 aliphatic heterocycles. The molecule has 0 fully saturated rings. The summed E-state index contributed by atoms with van der Waals surface area (Å²) in [5.41, 5.74) is -2.32. The Labute approximate surface area is 117 Å². The molecule has 9 heteroatoms. The van der Waals surface area contributed by atoms with Crippen molar-refractivity contribution >= 4 is 15.9 Å². The first-order valence-electron chi connectivity index (χ1n) is 5.10. The van der Waals surface area contributed by atoms with Gasteiger partial charge >= 0.3 is 6.18 Å². The van der Waals surface area contributed by atoms with Crippen LogP contribution in [0.2, 0.25) is 0 Å². The molecule has 1 aromatic heterocycles. The van der Waals surface area contributed by atoms with Crippen molar-refractivity contribution in [2.24, 2.45) is 0 Å². The first kappa shape index (κ1) is 14.9. The third kappa shape index (κ3) is 2.54. The van der Waals surface area contributed by atoms with Crippen LogP contribution in [-0.2, 0) is 11.5 Å². The molecule has 0 radical (unpaired) electrons. The minimum absolute atomic E-state index is 0.167. The van der Waals surface area contributed by atoms with E-state index >= 15 is 0 Å². The Balaban J connectivity index is 2.71. The molecule has 2 aromatic rings. The van der Waals surface area contributed by atoms with Gasteiger partial charge < -0.3 is 0 Å². The van der Waals surface area contributed by atoms with Gasteiger partial charge in [-0.3, -0.25) is 0 Å². The van der Waals surface area contributed by atoms with Crippen LogP contribution in [0, 0.1) is 17.5 Å². The summed E-state index contributed by atoms with van der Waals surface area (Å²) in [5.74, 6) is -4.31. The Morgan fingerprint density at radius 1 is 1.05 bits per heavy atom. The Hall–Kier alpha value is -1.51. The lowest BCUT2D eigenvalue weighted by molar-refractivity contribution is -0.143. The van der Waals surface area contributed by atoms with Crippen molar-refractivity contribution in [3.63, 3.8) is 0 Å². The summed E-state index contributed by atoms with van der Waals surface area (Å²) < 4.78 is 78.5. The molecule has 20 heavy (non-hydrogen) atoms. The molecule has 2 rings (SSSR count). The van der Waals surface area contributed by atoms with Gasteiger partial charge in [-0.1, -0.05) is 15.9 Å². The van der Waals surface area contributed by atoms with Gasteiger partial charge in [0.1, 0.15) is 5.69 Å². The van der Waals surface area contributed by atoms with Gasteiger partial charge in [0, 0.05) is 23.0 Å². The lowest BCUT2D eigenvalue weighted by Gasteiger charge is -2.13. The highest BCUT2D eigenvalue weighted by Crippen LogP contribution is 2.35. The van der Waals surface area contributed by atoms with Gasteiger partial charge in [0.15, 0.2) is 23.1 Å². The largest absolute Gasteiger partial charge is 0.433 e. The fourth-order valence-electron chi connectivity index (χ4n) is 1.64. The molecule has 0 saturated heterocycles. The normalized spacial score (nSPS) is 11.9. The van der Waals surface area contributed by atoms with Crippen LogP contribution in [0.4, 0.5) is 26.3 Å². The Kier molecular flexibility index (Phi) is 3.81. The summed E-state index contributed by atoms with van der Waals surface area (Å²) in [5, 5.41) is 3.22. The van der Waals surface area contributed by atoms with Gasteiger partial charge in [-0.05, 0) is 0 Å². The van der Waals surface area contributed by atoms with E-state index in [1.54, 1.807) is 0 Å². The minimum atomic E-state index is -4.82. The summed E-state index contributed by atoms with van der Waals surface area (Å²) >= 11 is 2.85. The fourth-order valence-corrected chi connectivity index (χ4v) is 2.05. The quantitative estimate of drug-likeness (QED) is 0.447. The molecule has 2 nitrogen and oxygen atoms in total. The van der Waals surface area contributed by atoms with E-state index in [1.807, 2.05) is 0 Å². The predicted octanol–water partition coefficient (Wildman–Crippen LogP) is 4.20. The van der Waals surface area contributed by atoms with E-state index in [0.29, 0.717) is 6.07 Å². The smallest absolute Gasteiger partial charge is 0.225 e. The van der Waals surface area contributed by atoms with Crippen molar-refractivity contribution in [3.8, 4) is 5.69 Å². The first-order chi connectivity index (χ1) is 9.25. The second-order valence-electron chi connectivity index (χ2n) is 3.78. The van der Waals surface area contributed by atoms with Gasteiger partial charge in [-0.25, -0.2) is 17.9 Å². The van der Waals surface area contributed by atoms with Gasteiger partial charge in [-0.2, -0.15) is 18.3 Å². The van der Waals surface area contributed by atoms with Crippen LogP contribution >= 0.6 is 15.9 Å². The van der Waals surface area contributed by atoms with Crippen molar-refractivity contribution in [2.75, 3.05) is 0 Å². The Morgan fingerprint density at radius 3 is 2.20 bits per heavy atom. The summed E-state index contributed by atoms with van der Waals surface area (Å²) in [6.45, 7) is 0. The number of rotatable bonds is 2. The van der Waals surface area contributed by atoms with Crippen molar-refractivity contribution in [1.82, 2.24) is 9.78 Å². The standard InChI is InChI=1S/C11H5BrF6N2/c12-3-5-4-19-20(10(5)11(16,17)18)9-2-7(14)6(13)1-8(9)15/h1-2,4H,3H2. The van der Waals surface area contributed by atoms with Crippen molar-refractivity contribution in [3.05, 3.63) is 47.0 Å². The Morgan fingerprint density at radius 2 is 1.65 bits per heavy atom. The molecule has 1 heterocycles. The lowest BCUT2D eigenvalue weighted by atomic mass is 10.2. The van der Waals surface area contributed by atoms with Crippen molar-refractivity contribution < 1.29 is 26.3 Å². The molecule has 0 unspecified atom stereocenters. The highest BCUT2D eigenvalue weighted by atomic mass is 79.9. The van der Waals surface area contributed by atoms with E-state index in [1.165, 1.54) is 0 Å².